The molecule has 1 aliphatic carbocycles. The molecule has 37 heavy (non-hydrogen) atoms. The van der Waals surface area contributed by atoms with Crippen LogP contribution in [0.4, 0.5) is 13.2 Å². The molecule has 4 rings (SSSR count). The average Bonchev–Trinajstić information content (AvgIpc) is 2.91. The molecule has 0 unspecified atom stereocenters. The van der Waals surface area contributed by atoms with Gasteiger partial charge >= 0.3 is 0 Å². The van der Waals surface area contributed by atoms with E-state index in [1.54, 1.807) is 24.3 Å². The molecule has 0 atom stereocenters. The van der Waals surface area contributed by atoms with E-state index in [4.69, 9.17) is 4.74 Å². The Kier molecular flexibility index (Phi) is 9.71. The molecule has 0 amide bonds. The summed E-state index contributed by atoms with van der Waals surface area (Å²) in [6.45, 7) is 4.69. The third kappa shape index (κ3) is 7.18. The van der Waals surface area contributed by atoms with Crippen LogP contribution in [-0.2, 0) is 6.42 Å². The van der Waals surface area contributed by atoms with E-state index in [0.717, 1.165) is 62.5 Å². The normalized spacial score (nSPS) is 17.6. The van der Waals surface area contributed by atoms with Gasteiger partial charge in [0.1, 0.15) is 0 Å². The van der Waals surface area contributed by atoms with Crippen LogP contribution in [0, 0.1) is 30.3 Å². The molecular weight excluding hydrogens is 469 g/mol. The van der Waals surface area contributed by atoms with Crippen LogP contribution < -0.4 is 4.74 Å². The molecule has 3 aromatic rings. The second kappa shape index (κ2) is 13.2. The summed E-state index contributed by atoms with van der Waals surface area (Å²) < 4.78 is 50.1. The predicted octanol–water partition coefficient (Wildman–Crippen LogP) is 9.95. The number of ether oxygens (including phenoxy) is 1. The van der Waals surface area contributed by atoms with Crippen molar-refractivity contribution in [2.75, 3.05) is 6.61 Å². The molecule has 1 aliphatic rings. The van der Waals surface area contributed by atoms with Crippen molar-refractivity contribution >= 4 is 0 Å². The molecule has 0 aliphatic heterocycles. The highest BCUT2D eigenvalue weighted by atomic mass is 19.2. The van der Waals surface area contributed by atoms with Gasteiger partial charge in [0.15, 0.2) is 23.2 Å². The lowest BCUT2D eigenvalue weighted by Gasteiger charge is -2.29. The number of rotatable bonds is 11. The summed E-state index contributed by atoms with van der Waals surface area (Å²) in [5.74, 6) is -0.840. The van der Waals surface area contributed by atoms with Gasteiger partial charge in [-0.25, -0.2) is 13.2 Å². The Morgan fingerprint density at radius 3 is 2.27 bits per heavy atom. The van der Waals surface area contributed by atoms with Crippen molar-refractivity contribution < 1.29 is 17.9 Å². The lowest BCUT2D eigenvalue weighted by molar-refractivity contribution is 0.290. The fourth-order valence-corrected chi connectivity index (χ4v) is 5.50. The molecule has 1 fully saturated rings. The van der Waals surface area contributed by atoms with Crippen LogP contribution in [0.25, 0.3) is 11.1 Å². The minimum absolute atomic E-state index is 0.0454. The molecule has 0 N–H and O–H groups in total. The Hall–Kier alpha value is -2.75. The number of hydrogen-bond acceptors (Lipinski definition) is 1. The van der Waals surface area contributed by atoms with E-state index in [9.17, 15) is 8.78 Å². The minimum Gasteiger partial charge on any atom is -0.491 e. The summed E-state index contributed by atoms with van der Waals surface area (Å²) in [7, 11) is 0. The van der Waals surface area contributed by atoms with Gasteiger partial charge in [-0.15, -0.1) is 0 Å². The quantitative estimate of drug-likeness (QED) is 0.234. The van der Waals surface area contributed by atoms with Gasteiger partial charge in [-0.1, -0.05) is 74.2 Å². The van der Waals surface area contributed by atoms with Crippen LogP contribution in [0.5, 0.6) is 5.75 Å². The van der Waals surface area contributed by atoms with Crippen LogP contribution in [0.15, 0.2) is 54.6 Å². The van der Waals surface area contributed by atoms with Crippen LogP contribution >= 0.6 is 0 Å². The van der Waals surface area contributed by atoms with Crippen molar-refractivity contribution in [1.29, 1.82) is 0 Å². The zero-order valence-electron chi connectivity index (χ0n) is 22.2. The zero-order chi connectivity index (χ0) is 26.2. The summed E-state index contributed by atoms with van der Waals surface area (Å²) in [5, 5.41) is 0. The van der Waals surface area contributed by atoms with Crippen molar-refractivity contribution in [2.24, 2.45) is 5.92 Å². The smallest absolute Gasteiger partial charge is 0.166 e. The largest absolute Gasteiger partial charge is 0.491 e. The third-order valence-electron chi connectivity index (χ3n) is 7.85. The molecule has 1 saturated carbocycles. The SMILES string of the molecule is CCCCCCOc1ccc(CCC2CCC(c3ccc(-c4ccc(C)cc4)c(F)c3F)CC2)cc1F. The molecule has 4 heteroatoms. The van der Waals surface area contributed by atoms with E-state index in [1.807, 2.05) is 37.3 Å². The van der Waals surface area contributed by atoms with Crippen molar-refractivity contribution in [3.8, 4) is 16.9 Å². The number of benzene rings is 3. The fourth-order valence-electron chi connectivity index (χ4n) is 5.50. The second-order valence-corrected chi connectivity index (χ2v) is 10.6. The van der Waals surface area contributed by atoms with Gasteiger partial charge in [0.25, 0.3) is 0 Å². The lowest BCUT2D eigenvalue weighted by Crippen LogP contribution is -2.15. The lowest BCUT2D eigenvalue weighted by atomic mass is 9.76. The van der Waals surface area contributed by atoms with Gasteiger partial charge in [0.2, 0.25) is 0 Å². The van der Waals surface area contributed by atoms with Gasteiger partial charge in [-0.3, -0.25) is 0 Å². The van der Waals surface area contributed by atoms with Crippen LogP contribution in [0.2, 0.25) is 0 Å². The van der Waals surface area contributed by atoms with E-state index in [2.05, 4.69) is 6.92 Å². The van der Waals surface area contributed by atoms with E-state index < -0.39 is 11.6 Å². The van der Waals surface area contributed by atoms with E-state index in [1.165, 1.54) is 12.8 Å². The van der Waals surface area contributed by atoms with Crippen molar-refractivity contribution in [2.45, 2.75) is 84.0 Å². The Morgan fingerprint density at radius 2 is 1.57 bits per heavy atom. The molecule has 0 radical (unpaired) electrons. The maximum Gasteiger partial charge on any atom is 0.166 e. The number of aryl methyl sites for hydroxylation is 2. The third-order valence-corrected chi connectivity index (χ3v) is 7.85. The fraction of sp³-hybridized carbons (Fsp3) is 0.455. The first-order valence-corrected chi connectivity index (χ1v) is 13.9. The number of unbranched alkanes of at least 4 members (excludes halogenated alkanes) is 3. The van der Waals surface area contributed by atoms with E-state index in [-0.39, 0.29) is 11.7 Å². The van der Waals surface area contributed by atoms with Gasteiger partial charge in [-0.2, -0.15) is 0 Å². The highest BCUT2D eigenvalue weighted by Crippen LogP contribution is 2.40. The molecule has 0 spiro atoms. The molecule has 1 nitrogen and oxygen atoms in total. The Balaban J connectivity index is 1.27. The summed E-state index contributed by atoms with van der Waals surface area (Å²) in [4.78, 5) is 0. The first-order chi connectivity index (χ1) is 18.0. The standard InChI is InChI=1S/C33H39F3O/c1-3-4-5-6-21-37-31-20-13-25(22-30(31)34)10-9-24-11-16-27(17-12-24)29-19-18-28(32(35)33(29)36)26-14-7-23(2)8-15-26/h7-8,13-15,18-20,22,24,27H,3-6,9-12,16-17,21H2,1-2H3. The predicted molar refractivity (Wildman–Crippen MR) is 146 cm³/mol. The Morgan fingerprint density at radius 1 is 0.811 bits per heavy atom. The maximum atomic E-state index is 15.1. The van der Waals surface area contributed by atoms with Crippen molar-refractivity contribution in [3.63, 3.8) is 0 Å². The topological polar surface area (TPSA) is 9.23 Å². The van der Waals surface area contributed by atoms with Gasteiger partial charge < -0.3 is 4.74 Å². The monoisotopic (exact) mass is 508 g/mol. The zero-order valence-corrected chi connectivity index (χ0v) is 22.2. The highest BCUT2D eigenvalue weighted by Gasteiger charge is 2.26. The molecule has 0 saturated heterocycles. The van der Waals surface area contributed by atoms with E-state index >= 15 is 4.39 Å². The summed E-state index contributed by atoms with van der Waals surface area (Å²) >= 11 is 0. The number of halogens is 3. The van der Waals surface area contributed by atoms with E-state index in [0.29, 0.717) is 35.0 Å². The Bertz CT molecular complexity index is 1150. The van der Waals surface area contributed by atoms with Crippen LogP contribution in [0.1, 0.15) is 87.3 Å². The van der Waals surface area contributed by atoms with Gasteiger partial charge in [0.05, 0.1) is 6.61 Å². The van der Waals surface area contributed by atoms with Crippen LogP contribution in [-0.4, -0.2) is 6.61 Å². The van der Waals surface area contributed by atoms with Crippen LogP contribution in [0.3, 0.4) is 0 Å². The molecule has 198 valence electrons. The number of hydrogen-bond donors (Lipinski definition) is 0. The minimum atomic E-state index is -0.751. The molecule has 0 bridgehead atoms. The summed E-state index contributed by atoms with van der Waals surface area (Å²) in [6, 6.07) is 16.3. The molecule has 0 aromatic heterocycles. The highest BCUT2D eigenvalue weighted by molar-refractivity contribution is 5.65. The molecular formula is C33H39F3O. The second-order valence-electron chi connectivity index (χ2n) is 10.6. The first kappa shape index (κ1) is 27.3. The van der Waals surface area contributed by atoms with Crippen molar-refractivity contribution in [1.82, 2.24) is 0 Å². The average molecular weight is 509 g/mol. The van der Waals surface area contributed by atoms with Crippen molar-refractivity contribution in [3.05, 3.63) is 88.7 Å². The summed E-state index contributed by atoms with van der Waals surface area (Å²) in [5.41, 5.74) is 3.58. The Labute approximate surface area is 220 Å². The van der Waals surface area contributed by atoms with Gasteiger partial charge in [0, 0.05) is 5.56 Å². The molecule has 0 heterocycles. The summed E-state index contributed by atoms with van der Waals surface area (Å²) in [6.07, 6.45) is 9.86. The first-order valence-electron chi connectivity index (χ1n) is 13.9. The maximum absolute atomic E-state index is 15.1. The molecule has 3 aromatic carbocycles. The van der Waals surface area contributed by atoms with Gasteiger partial charge in [-0.05, 0) is 92.5 Å².